The largest absolute Gasteiger partial charge is 0.324 e. The molecule has 1 aromatic carbocycles. The lowest BCUT2D eigenvalue weighted by Gasteiger charge is -2.20. The number of halogens is 4. The molecule has 0 radical (unpaired) electrons. The first-order valence-electron chi connectivity index (χ1n) is 8.76. The van der Waals surface area contributed by atoms with Gasteiger partial charge in [0.25, 0.3) is 0 Å². The van der Waals surface area contributed by atoms with Gasteiger partial charge in [-0.1, -0.05) is 0 Å². The number of aromatic nitrogens is 2. The summed E-state index contributed by atoms with van der Waals surface area (Å²) in [5.74, 6) is -3.26. The normalized spacial score (nSPS) is 16.3. The maximum atomic E-state index is 14.2. The summed E-state index contributed by atoms with van der Waals surface area (Å²) < 4.78 is 46.5. The Hall–Kier alpha value is -1.67. The molecule has 150 valence electrons. The molecule has 1 aliphatic heterocycles. The monoisotopic (exact) mass is 403 g/mol. The number of benzene rings is 1. The smallest absolute Gasteiger partial charge is 0.179 e. The Balaban J connectivity index is 0.00000261. The van der Waals surface area contributed by atoms with Crippen LogP contribution in [0.4, 0.5) is 17.9 Å². The predicted molar refractivity (Wildman–Crippen MR) is 101 cm³/mol. The Morgan fingerprint density at radius 3 is 2.44 bits per heavy atom. The van der Waals surface area contributed by atoms with Gasteiger partial charge in [-0.25, -0.2) is 13.2 Å². The maximum Gasteiger partial charge on any atom is 0.179 e. The molecule has 0 amide bonds. The van der Waals surface area contributed by atoms with Crippen molar-refractivity contribution in [1.82, 2.24) is 14.5 Å². The second kappa shape index (κ2) is 7.75. The summed E-state index contributed by atoms with van der Waals surface area (Å²) in [6.45, 7) is 7.44. The lowest BCUT2D eigenvalue weighted by molar-refractivity contribution is 0.426. The fourth-order valence-corrected chi connectivity index (χ4v) is 3.97. The predicted octanol–water partition coefficient (Wildman–Crippen LogP) is 4.40. The Kier molecular flexibility index (Phi) is 6.21. The van der Waals surface area contributed by atoms with Gasteiger partial charge in [-0.3, -0.25) is 4.70 Å². The lowest BCUT2D eigenvalue weighted by Crippen LogP contribution is -2.37. The zero-order chi connectivity index (χ0) is 19.2. The highest BCUT2D eigenvalue weighted by Crippen LogP contribution is 2.35. The molecule has 2 heterocycles. The van der Waals surface area contributed by atoms with E-state index in [2.05, 4.69) is 26.1 Å². The number of nitrogens with one attached hydrogen (secondary N) is 1. The van der Waals surface area contributed by atoms with E-state index in [1.54, 1.807) is 0 Å². The Morgan fingerprint density at radius 2 is 1.81 bits per heavy atom. The van der Waals surface area contributed by atoms with Crippen molar-refractivity contribution in [1.29, 1.82) is 0 Å². The summed E-state index contributed by atoms with van der Waals surface area (Å²) in [5.41, 5.74) is 1.88. The van der Waals surface area contributed by atoms with Crippen molar-refractivity contribution in [3.8, 4) is 0 Å². The summed E-state index contributed by atoms with van der Waals surface area (Å²) in [5, 5.41) is 3.44. The van der Waals surface area contributed by atoms with Crippen LogP contribution in [0, 0.1) is 22.2 Å². The van der Waals surface area contributed by atoms with Gasteiger partial charge in [0.2, 0.25) is 0 Å². The van der Waals surface area contributed by atoms with Gasteiger partial charge in [-0.15, -0.1) is 0 Å². The van der Waals surface area contributed by atoms with Crippen LogP contribution in [-0.2, 0) is 26.4 Å². The van der Waals surface area contributed by atoms with Crippen molar-refractivity contribution in [2.75, 3.05) is 6.54 Å². The van der Waals surface area contributed by atoms with Crippen LogP contribution in [0.25, 0.3) is 0 Å². The fraction of sp³-hybridized carbons (Fsp3) is 0.526. The first kappa shape index (κ1) is 21.6. The third-order valence-electron chi connectivity index (χ3n) is 4.93. The summed E-state index contributed by atoms with van der Waals surface area (Å²) >= 11 is 5.50. The van der Waals surface area contributed by atoms with Crippen molar-refractivity contribution in [2.24, 2.45) is 7.05 Å². The maximum absolute atomic E-state index is 14.2. The average Bonchev–Trinajstić information content (AvgIpc) is 3.05. The third-order valence-corrected chi connectivity index (χ3v) is 5.42. The number of nitrogens with zero attached hydrogens (tertiary/aromatic N) is 2. The first-order chi connectivity index (χ1) is 12.1. The van der Waals surface area contributed by atoms with Crippen LogP contribution in [0.3, 0.4) is 0 Å². The molecule has 1 N–H and O–H groups in total. The molecule has 2 aromatic rings. The molecule has 0 bridgehead atoms. The Morgan fingerprint density at radius 1 is 1.19 bits per heavy atom. The van der Waals surface area contributed by atoms with Crippen LogP contribution in [0.2, 0.25) is 0 Å². The third kappa shape index (κ3) is 4.11. The van der Waals surface area contributed by atoms with Crippen LogP contribution < -0.4 is 5.32 Å². The van der Waals surface area contributed by atoms with Crippen LogP contribution >= 0.6 is 12.2 Å². The van der Waals surface area contributed by atoms with Gasteiger partial charge in [-0.05, 0) is 51.5 Å². The number of hydrogen-bond acceptors (Lipinski definition) is 2. The van der Waals surface area contributed by atoms with Gasteiger partial charge >= 0.3 is 0 Å². The minimum atomic E-state index is -1.09. The average molecular weight is 403 g/mol. The zero-order valence-electron chi connectivity index (χ0n) is 15.9. The first-order valence-corrected chi connectivity index (χ1v) is 9.16. The Labute approximate surface area is 161 Å². The van der Waals surface area contributed by atoms with Crippen molar-refractivity contribution >= 4 is 12.2 Å². The van der Waals surface area contributed by atoms with Crippen LogP contribution in [0.15, 0.2) is 12.1 Å². The molecule has 1 atom stereocenters. The zero-order valence-corrected chi connectivity index (χ0v) is 16.7. The molecular formula is C19H25F4N3S. The number of rotatable bonds is 4. The molecule has 0 fully saturated rings. The molecule has 27 heavy (non-hydrogen) atoms. The van der Waals surface area contributed by atoms with Gasteiger partial charge in [0, 0.05) is 55.0 Å². The minimum absolute atomic E-state index is 0. The summed E-state index contributed by atoms with van der Waals surface area (Å²) in [7, 11) is 1.92. The van der Waals surface area contributed by atoms with Gasteiger partial charge in [0.1, 0.15) is 5.82 Å². The van der Waals surface area contributed by atoms with Crippen LogP contribution in [0.1, 0.15) is 43.6 Å². The quantitative estimate of drug-likeness (QED) is 0.464. The van der Waals surface area contributed by atoms with E-state index in [-0.39, 0.29) is 15.8 Å². The van der Waals surface area contributed by atoms with Gasteiger partial charge in [-0.2, -0.15) is 0 Å². The van der Waals surface area contributed by atoms with E-state index in [4.69, 9.17) is 12.2 Å². The van der Waals surface area contributed by atoms with E-state index in [9.17, 15) is 13.2 Å². The Bertz CT molecular complexity index is 896. The fourth-order valence-electron chi connectivity index (χ4n) is 3.67. The van der Waals surface area contributed by atoms with Gasteiger partial charge < -0.3 is 14.5 Å². The summed E-state index contributed by atoms with van der Waals surface area (Å²) in [6, 6.07) is 1.82. The number of imidazole rings is 1. The highest BCUT2D eigenvalue weighted by Gasteiger charge is 2.32. The second-order valence-corrected chi connectivity index (χ2v) is 8.30. The summed E-state index contributed by atoms with van der Waals surface area (Å²) in [6.07, 6.45) is 1.22. The van der Waals surface area contributed by atoms with Crippen LogP contribution in [-0.4, -0.2) is 21.2 Å². The molecule has 0 spiro atoms. The molecule has 3 rings (SSSR count). The van der Waals surface area contributed by atoms with Crippen molar-refractivity contribution < 1.29 is 17.9 Å². The standard InChI is InChI=1S/C19H24F3N3S.FH/c1-19(2,3)23-8-7-14-15-9-11(10-25(15)18(26)24(14)4)16-12(20)5-6-13(21)17(16)22;/h5-6,11,23H,7-10H2,1-4H3;1H/t11-;/m0./s1. The molecular weight excluding hydrogens is 378 g/mol. The molecule has 1 aromatic heterocycles. The highest BCUT2D eigenvalue weighted by atomic mass is 32.1. The number of hydrogen-bond donors (Lipinski definition) is 1. The molecule has 0 saturated heterocycles. The molecule has 1 aliphatic rings. The van der Waals surface area contributed by atoms with E-state index < -0.39 is 23.4 Å². The van der Waals surface area contributed by atoms with E-state index in [1.165, 1.54) is 0 Å². The minimum Gasteiger partial charge on any atom is -0.324 e. The van der Waals surface area contributed by atoms with Crippen molar-refractivity contribution in [2.45, 2.75) is 51.6 Å². The van der Waals surface area contributed by atoms with E-state index in [0.717, 1.165) is 36.5 Å². The highest BCUT2D eigenvalue weighted by molar-refractivity contribution is 7.71. The molecule has 0 saturated carbocycles. The second-order valence-electron chi connectivity index (χ2n) is 7.93. The molecule has 0 aliphatic carbocycles. The van der Waals surface area contributed by atoms with E-state index in [1.807, 2.05) is 16.2 Å². The molecule has 0 unspecified atom stereocenters. The van der Waals surface area contributed by atoms with Crippen molar-refractivity contribution in [3.05, 3.63) is 51.3 Å². The molecule has 8 heteroatoms. The van der Waals surface area contributed by atoms with E-state index in [0.29, 0.717) is 17.7 Å². The van der Waals surface area contributed by atoms with Gasteiger partial charge in [0.05, 0.1) is 0 Å². The van der Waals surface area contributed by atoms with E-state index >= 15 is 0 Å². The molecule has 3 nitrogen and oxygen atoms in total. The topological polar surface area (TPSA) is 21.9 Å². The lowest BCUT2D eigenvalue weighted by atomic mass is 9.95. The van der Waals surface area contributed by atoms with Crippen LogP contribution in [0.5, 0.6) is 0 Å². The number of fused-ring (bicyclic) bond motifs is 1. The van der Waals surface area contributed by atoms with Gasteiger partial charge in [0.15, 0.2) is 16.4 Å². The summed E-state index contributed by atoms with van der Waals surface area (Å²) in [4.78, 5) is 0. The SMILES string of the molecule is Cn1c(CCNC(C)(C)C)c2n(c1=S)C[C@@H](c1c(F)ccc(F)c1F)C2.F. The van der Waals surface area contributed by atoms with Crippen molar-refractivity contribution in [3.63, 3.8) is 0 Å².